The second-order valence-corrected chi connectivity index (χ2v) is 8.73. The second kappa shape index (κ2) is 10.3. The highest BCUT2D eigenvalue weighted by Crippen LogP contribution is 2.22. The monoisotopic (exact) mass is 492 g/mol. The van der Waals surface area contributed by atoms with Crippen molar-refractivity contribution in [1.82, 2.24) is 19.7 Å². The van der Waals surface area contributed by atoms with Crippen LogP contribution in [-0.2, 0) is 17.6 Å². The van der Waals surface area contributed by atoms with Crippen LogP contribution in [0.3, 0.4) is 0 Å². The van der Waals surface area contributed by atoms with Gasteiger partial charge in [0.15, 0.2) is 0 Å². The van der Waals surface area contributed by atoms with Crippen molar-refractivity contribution in [3.63, 3.8) is 0 Å². The van der Waals surface area contributed by atoms with E-state index in [4.69, 9.17) is 0 Å². The molecule has 0 saturated carbocycles. The average molecular weight is 493 g/mol. The van der Waals surface area contributed by atoms with Gasteiger partial charge < -0.3 is 19.9 Å². The van der Waals surface area contributed by atoms with Crippen molar-refractivity contribution < 1.29 is 19.8 Å². The molecule has 3 aromatic heterocycles. The second-order valence-electron chi connectivity index (χ2n) is 8.73. The van der Waals surface area contributed by atoms with Gasteiger partial charge in [-0.15, -0.1) is 0 Å². The minimum Gasteiger partial charge on any atom is -0.508 e. The van der Waals surface area contributed by atoms with Gasteiger partial charge in [0.1, 0.15) is 23.1 Å². The molecule has 0 saturated heterocycles. The highest BCUT2D eigenvalue weighted by Gasteiger charge is 2.24. The first kappa shape index (κ1) is 23.7. The van der Waals surface area contributed by atoms with Crippen LogP contribution in [0.5, 0.6) is 5.75 Å². The Labute approximate surface area is 212 Å². The Morgan fingerprint density at radius 3 is 2.43 bits per heavy atom. The standard InChI is InChI=1S/C29H24N4O4/c34-24-8-6-21(23(15-24)14-19-4-2-1-3-5-19)16-25(29(36)37)32-28(35)26-18-33-17-22(7-9-27(33)31-26)20-10-12-30-13-11-20/h1-13,15,17-18,25,34H,14,16H2,(H,32,35)(H,36,37)/t25-/m0/s1. The lowest BCUT2D eigenvalue weighted by Crippen LogP contribution is -2.42. The molecule has 0 aliphatic carbocycles. The molecule has 3 N–H and O–H groups in total. The summed E-state index contributed by atoms with van der Waals surface area (Å²) in [5.74, 6) is -1.64. The number of hydrogen-bond donors (Lipinski definition) is 3. The van der Waals surface area contributed by atoms with E-state index < -0.39 is 17.9 Å². The molecule has 5 rings (SSSR count). The van der Waals surface area contributed by atoms with Crippen LogP contribution in [0.2, 0.25) is 0 Å². The molecule has 2 aromatic carbocycles. The van der Waals surface area contributed by atoms with E-state index in [-0.39, 0.29) is 17.9 Å². The molecule has 3 heterocycles. The Balaban J connectivity index is 1.36. The zero-order valence-corrected chi connectivity index (χ0v) is 19.8. The molecule has 0 spiro atoms. The number of rotatable bonds is 8. The highest BCUT2D eigenvalue weighted by molar-refractivity contribution is 5.95. The number of pyridine rings is 2. The van der Waals surface area contributed by atoms with Crippen LogP contribution < -0.4 is 5.32 Å². The first-order valence-electron chi connectivity index (χ1n) is 11.7. The summed E-state index contributed by atoms with van der Waals surface area (Å²) in [5, 5.41) is 22.5. The quantitative estimate of drug-likeness (QED) is 0.300. The summed E-state index contributed by atoms with van der Waals surface area (Å²) in [5.41, 5.74) is 5.14. The summed E-state index contributed by atoms with van der Waals surface area (Å²) >= 11 is 0. The van der Waals surface area contributed by atoms with Crippen LogP contribution in [-0.4, -0.2) is 42.5 Å². The number of benzene rings is 2. The summed E-state index contributed by atoms with van der Waals surface area (Å²) in [6, 6.07) is 20.8. The molecule has 0 radical (unpaired) electrons. The van der Waals surface area contributed by atoms with Crippen LogP contribution >= 0.6 is 0 Å². The molecule has 8 nitrogen and oxygen atoms in total. The molecule has 0 bridgehead atoms. The van der Waals surface area contributed by atoms with E-state index in [0.29, 0.717) is 12.1 Å². The van der Waals surface area contributed by atoms with Crippen LogP contribution in [0, 0.1) is 0 Å². The number of nitrogens with one attached hydrogen (secondary N) is 1. The van der Waals surface area contributed by atoms with Crippen LogP contribution in [0.4, 0.5) is 0 Å². The predicted octanol–water partition coefficient (Wildman–Crippen LogP) is 4.12. The van der Waals surface area contributed by atoms with E-state index in [0.717, 1.165) is 27.8 Å². The number of carbonyl (C=O) groups is 2. The predicted molar refractivity (Wildman–Crippen MR) is 138 cm³/mol. The largest absolute Gasteiger partial charge is 0.508 e. The summed E-state index contributed by atoms with van der Waals surface area (Å²) in [6.07, 6.45) is 7.43. The van der Waals surface area contributed by atoms with Crippen molar-refractivity contribution in [2.24, 2.45) is 0 Å². The number of carbonyl (C=O) groups excluding carboxylic acids is 1. The normalized spacial score (nSPS) is 11.8. The first-order chi connectivity index (χ1) is 18.0. The number of aliphatic carboxylic acids is 1. The maximum atomic E-state index is 13.0. The van der Waals surface area contributed by atoms with Crippen molar-refractivity contribution in [1.29, 1.82) is 0 Å². The molecule has 5 aromatic rings. The van der Waals surface area contributed by atoms with Crippen LogP contribution in [0.25, 0.3) is 16.8 Å². The van der Waals surface area contributed by atoms with Gasteiger partial charge in [-0.2, -0.15) is 0 Å². The van der Waals surface area contributed by atoms with Crippen molar-refractivity contribution in [3.8, 4) is 16.9 Å². The lowest BCUT2D eigenvalue weighted by Gasteiger charge is -2.17. The Kier molecular flexibility index (Phi) is 6.63. The molecule has 184 valence electrons. The fraction of sp³-hybridized carbons (Fsp3) is 0.103. The minimum absolute atomic E-state index is 0.0586. The summed E-state index contributed by atoms with van der Waals surface area (Å²) in [7, 11) is 0. The van der Waals surface area contributed by atoms with Gasteiger partial charge in [0, 0.05) is 31.2 Å². The van der Waals surface area contributed by atoms with E-state index >= 15 is 0 Å². The van der Waals surface area contributed by atoms with Gasteiger partial charge in [0.05, 0.1) is 0 Å². The van der Waals surface area contributed by atoms with Crippen LogP contribution in [0.15, 0.2) is 97.6 Å². The summed E-state index contributed by atoms with van der Waals surface area (Å²) < 4.78 is 1.73. The molecule has 0 unspecified atom stereocenters. The maximum absolute atomic E-state index is 13.0. The van der Waals surface area contributed by atoms with Gasteiger partial charge in [0.2, 0.25) is 0 Å². The zero-order valence-electron chi connectivity index (χ0n) is 19.8. The van der Waals surface area contributed by atoms with Gasteiger partial charge >= 0.3 is 5.97 Å². The lowest BCUT2D eigenvalue weighted by atomic mass is 9.95. The number of carboxylic acids is 1. The third kappa shape index (κ3) is 5.48. The number of phenols is 1. The van der Waals surface area contributed by atoms with Gasteiger partial charge in [-0.05, 0) is 70.6 Å². The van der Waals surface area contributed by atoms with Gasteiger partial charge in [0.25, 0.3) is 5.91 Å². The van der Waals surface area contributed by atoms with Gasteiger partial charge in [-0.1, -0.05) is 36.4 Å². The Morgan fingerprint density at radius 1 is 0.892 bits per heavy atom. The Morgan fingerprint density at radius 2 is 1.68 bits per heavy atom. The lowest BCUT2D eigenvalue weighted by molar-refractivity contribution is -0.139. The van der Waals surface area contributed by atoms with E-state index in [9.17, 15) is 19.8 Å². The fourth-order valence-corrected chi connectivity index (χ4v) is 4.26. The number of aromatic nitrogens is 3. The Bertz CT molecular complexity index is 1570. The molecule has 8 heteroatoms. The number of phenolic OH excluding ortho intramolecular Hbond substituents is 1. The minimum atomic E-state index is -1.18. The van der Waals surface area contributed by atoms with E-state index in [1.807, 2.05) is 54.7 Å². The Hall–Kier alpha value is -4.98. The number of amides is 1. The third-order valence-electron chi connectivity index (χ3n) is 6.15. The highest BCUT2D eigenvalue weighted by atomic mass is 16.4. The number of fused-ring (bicyclic) bond motifs is 1. The van der Waals surface area contributed by atoms with Crippen molar-refractivity contribution in [3.05, 3.63) is 120 Å². The SMILES string of the molecule is O=C(N[C@@H](Cc1ccc(O)cc1Cc1ccccc1)C(=O)O)c1cn2cc(-c3ccncc3)ccc2n1. The number of nitrogens with zero attached hydrogens (tertiary/aromatic N) is 3. The molecular formula is C29H24N4O4. The van der Waals surface area contributed by atoms with Gasteiger partial charge in [-0.3, -0.25) is 9.78 Å². The molecule has 1 atom stereocenters. The van der Waals surface area contributed by atoms with Crippen molar-refractivity contribution in [2.45, 2.75) is 18.9 Å². The van der Waals surface area contributed by atoms with Crippen LogP contribution in [0.1, 0.15) is 27.2 Å². The first-order valence-corrected chi connectivity index (χ1v) is 11.7. The molecular weight excluding hydrogens is 468 g/mol. The van der Waals surface area contributed by atoms with Gasteiger partial charge in [-0.25, -0.2) is 9.78 Å². The van der Waals surface area contributed by atoms with E-state index in [1.54, 1.807) is 41.2 Å². The summed E-state index contributed by atoms with van der Waals surface area (Å²) in [4.78, 5) is 33.5. The maximum Gasteiger partial charge on any atom is 0.326 e. The van der Waals surface area contributed by atoms with E-state index in [1.165, 1.54) is 6.07 Å². The molecule has 0 aliphatic rings. The third-order valence-corrected chi connectivity index (χ3v) is 6.15. The molecule has 0 fully saturated rings. The average Bonchev–Trinajstić information content (AvgIpc) is 3.34. The topological polar surface area (TPSA) is 117 Å². The number of aromatic hydroxyl groups is 1. The molecule has 0 aliphatic heterocycles. The number of imidazole rings is 1. The zero-order chi connectivity index (χ0) is 25.8. The van der Waals surface area contributed by atoms with Crippen molar-refractivity contribution >= 4 is 17.5 Å². The summed E-state index contributed by atoms with van der Waals surface area (Å²) in [6.45, 7) is 0. The number of hydrogen-bond acceptors (Lipinski definition) is 5. The molecule has 1 amide bonds. The molecule has 37 heavy (non-hydrogen) atoms. The fourth-order valence-electron chi connectivity index (χ4n) is 4.26. The smallest absolute Gasteiger partial charge is 0.326 e. The number of carboxylic acid groups (broad SMARTS) is 1. The van der Waals surface area contributed by atoms with Crippen molar-refractivity contribution in [2.75, 3.05) is 0 Å². The van der Waals surface area contributed by atoms with E-state index in [2.05, 4.69) is 15.3 Å².